The van der Waals surface area contributed by atoms with Crippen molar-refractivity contribution in [3.63, 3.8) is 0 Å². The van der Waals surface area contributed by atoms with Crippen LogP contribution in [0.15, 0.2) is 30.3 Å². The Hall–Kier alpha value is -4.04. The second-order valence-corrected chi connectivity index (χ2v) is 8.09. The molecule has 0 aromatic heterocycles. The van der Waals surface area contributed by atoms with Gasteiger partial charge in [-0.3, -0.25) is 24.0 Å². The number of hydrogen-bond acceptors (Lipinski definition) is 8. The number of aliphatic hydroxyl groups is 1. The molecule has 0 aliphatic carbocycles. The van der Waals surface area contributed by atoms with Crippen LogP contribution < -0.4 is 27.4 Å². The number of amides is 4. The van der Waals surface area contributed by atoms with Crippen LogP contribution in [0.2, 0.25) is 0 Å². The minimum Gasteiger partial charge on any atom is -0.481 e. The highest BCUT2D eigenvalue weighted by Gasteiger charge is 2.32. The van der Waals surface area contributed by atoms with Crippen LogP contribution >= 0.6 is 0 Å². The first-order valence-electron chi connectivity index (χ1n) is 10.9. The molecule has 5 atom stereocenters. The van der Waals surface area contributed by atoms with E-state index >= 15 is 0 Å². The molecule has 0 aliphatic heterocycles. The Morgan fingerprint density at radius 1 is 0.889 bits per heavy atom. The molecule has 1 aromatic carbocycles. The van der Waals surface area contributed by atoms with Gasteiger partial charge in [0, 0.05) is 6.42 Å². The lowest BCUT2D eigenvalue weighted by Gasteiger charge is -2.25. The van der Waals surface area contributed by atoms with Crippen LogP contribution in [-0.4, -0.2) is 81.2 Å². The van der Waals surface area contributed by atoms with Crippen molar-refractivity contribution in [2.75, 3.05) is 0 Å². The first-order valence-corrected chi connectivity index (χ1v) is 10.9. The quantitative estimate of drug-likeness (QED) is 0.121. The van der Waals surface area contributed by atoms with Crippen LogP contribution in [0.5, 0.6) is 0 Å². The molecule has 36 heavy (non-hydrogen) atoms. The Morgan fingerprint density at radius 3 is 1.94 bits per heavy atom. The topological polar surface area (TPSA) is 251 Å². The number of carbonyl (C=O) groups excluding carboxylic acids is 4. The number of nitrogens with two attached hydrogens (primary N) is 2. The zero-order valence-corrected chi connectivity index (χ0v) is 19.5. The maximum Gasteiger partial charge on any atom is 0.328 e. The van der Waals surface area contributed by atoms with Crippen molar-refractivity contribution in [1.82, 2.24) is 16.0 Å². The highest BCUT2D eigenvalue weighted by atomic mass is 16.4. The van der Waals surface area contributed by atoms with Gasteiger partial charge in [-0.15, -0.1) is 0 Å². The number of nitrogens with one attached hydrogen (secondary N) is 3. The molecule has 4 amide bonds. The fraction of sp³-hybridized carbons (Fsp3) is 0.455. The standard InChI is InChI=1S/C22H31N5O9/c1-11(28)18(22(35)36)27-20(33)14(7-8-17(30)31)25-21(34)15(10-16(24)29)26-19(32)13(23)9-12-5-3-2-4-6-12/h2-6,11,13-15,18,28H,7-10,23H2,1H3,(H2,24,29)(H,25,34)(H,26,32)(H,27,33)(H,30,31)(H,35,36). The Bertz CT molecular complexity index is 954. The van der Waals surface area contributed by atoms with E-state index in [9.17, 15) is 33.9 Å². The van der Waals surface area contributed by atoms with Gasteiger partial charge in [-0.25, -0.2) is 4.79 Å². The Labute approximate surface area is 206 Å². The first kappa shape index (κ1) is 30.0. The summed E-state index contributed by atoms with van der Waals surface area (Å²) in [6.45, 7) is 1.11. The molecule has 198 valence electrons. The first-order chi connectivity index (χ1) is 16.8. The summed E-state index contributed by atoms with van der Waals surface area (Å²) in [6.07, 6.45) is -3.08. The number of hydrogen-bond donors (Lipinski definition) is 8. The molecule has 0 fully saturated rings. The van der Waals surface area contributed by atoms with E-state index in [1.165, 1.54) is 0 Å². The summed E-state index contributed by atoms with van der Waals surface area (Å²) in [4.78, 5) is 71.7. The molecule has 14 nitrogen and oxygen atoms in total. The van der Waals surface area contributed by atoms with E-state index in [4.69, 9.17) is 21.7 Å². The predicted octanol–water partition coefficient (Wildman–Crippen LogP) is -2.78. The average Bonchev–Trinajstić information content (AvgIpc) is 2.79. The van der Waals surface area contributed by atoms with Gasteiger partial charge in [0.15, 0.2) is 6.04 Å². The van der Waals surface area contributed by atoms with Gasteiger partial charge in [0.1, 0.15) is 12.1 Å². The number of aliphatic carboxylic acids is 2. The van der Waals surface area contributed by atoms with E-state index < -0.39 is 85.1 Å². The molecule has 0 bridgehead atoms. The lowest BCUT2D eigenvalue weighted by Crippen LogP contribution is -2.58. The van der Waals surface area contributed by atoms with Gasteiger partial charge in [0.05, 0.1) is 18.6 Å². The van der Waals surface area contributed by atoms with Gasteiger partial charge in [-0.2, -0.15) is 0 Å². The predicted molar refractivity (Wildman–Crippen MR) is 124 cm³/mol. The van der Waals surface area contributed by atoms with E-state index in [0.717, 1.165) is 12.5 Å². The zero-order valence-electron chi connectivity index (χ0n) is 19.5. The summed E-state index contributed by atoms with van der Waals surface area (Å²) in [5, 5.41) is 34.2. The maximum atomic E-state index is 12.8. The maximum absolute atomic E-state index is 12.8. The van der Waals surface area contributed by atoms with Crippen LogP contribution in [-0.2, 0) is 35.2 Å². The van der Waals surface area contributed by atoms with Gasteiger partial charge in [-0.1, -0.05) is 30.3 Å². The lowest BCUT2D eigenvalue weighted by molar-refractivity contribution is -0.145. The number of primary amides is 1. The number of carboxylic acids is 2. The normalized spacial score (nSPS) is 14.9. The molecular formula is C22H31N5O9. The van der Waals surface area contributed by atoms with Crippen molar-refractivity contribution < 1.29 is 44.1 Å². The molecule has 1 rings (SSSR count). The summed E-state index contributed by atoms with van der Waals surface area (Å²) in [7, 11) is 0. The summed E-state index contributed by atoms with van der Waals surface area (Å²) >= 11 is 0. The van der Waals surface area contributed by atoms with Crippen LogP contribution in [0.25, 0.3) is 0 Å². The highest BCUT2D eigenvalue weighted by Crippen LogP contribution is 2.05. The van der Waals surface area contributed by atoms with E-state index in [1.54, 1.807) is 30.3 Å². The van der Waals surface area contributed by atoms with Crippen LogP contribution in [0.3, 0.4) is 0 Å². The summed E-state index contributed by atoms with van der Waals surface area (Å²) in [5.74, 6) is -6.76. The van der Waals surface area contributed by atoms with Gasteiger partial charge < -0.3 is 42.7 Å². The second kappa shape index (κ2) is 14.4. The number of carbonyl (C=O) groups is 6. The van der Waals surface area contributed by atoms with Crippen molar-refractivity contribution >= 4 is 35.6 Å². The number of rotatable bonds is 15. The Morgan fingerprint density at radius 2 is 1.44 bits per heavy atom. The monoisotopic (exact) mass is 509 g/mol. The van der Waals surface area contributed by atoms with Gasteiger partial charge in [-0.05, 0) is 25.3 Å². The zero-order chi connectivity index (χ0) is 27.4. The number of carboxylic acid groups (broad SMARTS) is 2. The number of benzene rings is 1. The van der Waals surface area contributed by atoms with Crippen LogP contribution in [0.4, 0.5) is 0 Å². The largest absolute Gasteiger partial charge is 0.481 e. The molecule has 0 heterocycles. The second-order valence-electron chi connectivity index (χ2n) is 8.09. The molecule has 0 radical (unpaired) electrons. The summed E-state index contributed by atoms with van der Waals surface area (Å²) < 4.78 is 0. The van der Waals surface area contributed by atoms with E-state index in [1.807, 2.05) is 5.32 Å². The lowest BCUT2D eigenvalue weighted by atomic mass is 10.0. The van der Waals surface area contributed by atoms with Crippen molar-refractivity contribution in [1.29, 1.82) is 0 Å². The Balaban J connectivity index is 3.00. The molecule has 5 unspecified atom stereocenters. The third kappa shape index (κ3) is 10.5. The van der Waals surface area contributed by atoms with Crippen molar-refractivity contribution in [2.45, 2.75) is 62.9 Å². The Kier molecular flexibility index (Phi) is 12.0. The summed E-state index contributed by atoms with van der Waals surface area (Å²) in [6, 6.07) is 2.80. The van der Waals surface area contributed by atoms with Crippen molar-refractivity contribution in [3.8, 4) is 0 Å². The molecule has 10 N–H and O–H groups in total. The van der Waals surface area contributed by atoms with Gasteiger partial charge >= 0.3 is 11.9 Å². The molecule has 0 saturated carbocycles. The third-order valence-corrected chi connectivity index (χ3v) is 5.00. The van der Waals surface area contributed by atoms with E-state index in [0.29, 0.717) is 0 Å². The van der Waals surface area contributed by atoms with Crippen LogP contribution in [0.1, 0.15) is 31.7 Å². The highest BCUT2D eigenvalue weighted by molar-refractivity contribution is 5.96. The molecule has 1 aromatic rings. The SMILES string of the molecule is CC(O)C(NC(=O)C(CCC(=O)O)NC(=O)C(CC(N)=O)NC(=O)C(N)Cc1ccccc1)C(=O)O. The van der Waals surface area contributed by atoms with E-state index in [2.05, 4.69) is 10.6 Å². The van der Waals surface area contributed by atoms with E-state index in [-0.39, 0.29) is 6.42 Å². The molecule has 0 aliphatic rings. The molecule has 0 spiro atoms. The minimum absolute atomic E-state index is 0.122. The molecular weight excluding hydrogens is 478 g/mol. The molecule has 0 saturated heterocycles. The van der Waals surface area contributed by atoms with Gasteiger partial charge in [0.2, 0.25) is 23.6 Å². The smallest absolute Gasteiger partial charge is 0.328 e. The number of aliphatic hydroxyl groups excluding tert-OH is 1. The van der Waals surface area contributed by atoms with Crippen molar-refractivity contribution in [2.24, 2.45) is 11.5 Å². The fourth-order valence-electron chi connectivity index (χ4n) is 3.10. The fourth-order valence-corrected chi connectivity index (χ4v) is 3.10. The molecule has 14 heteroatoms. The van der Waals surface area contributed by atoms with Crippen molar-refractivity contribution in [3.05, 3.63) is 35.9 Å². The minimum atomic E-state index is -1.74. The third-order valence-electron chi connectivity index (χ3n) is 5.00. The van der Waals surface area contributed by atoms with Crippen LogP contribution in [0, 0.1) is 0 Å². The average molecular weight is 510 g/mol. The van der Waals surface area contributed by atoms with Gasteiger partial charge in [0.25, 0.3) is 0 Å². The summed E-state index contributed by atoms with van der Waals surface area (Å²) in [5.41, 5.74) is 11.8.